The Hall–Kier alpha value is -1.06. The van der Waals surface area contributed by atoms with Gasteiger partial charge in [-0.2, -0.15) is 0 Å². The van der Waals surface area contributed by atoms with Gasteiger partial charge >= 0.3 is 0 Å². The molecule has 0 aliphatic rings. The van der Waals surface area contributed by atoms with Gasteiger partial charge in [0.25, 0.3) is 0 Å². The van der Waals surface area contributed by atoms with Crippen molar-refractivity contribution in [2.24, 2.45) is 0 Å². The second-order valence-corrected chi connectivity index (χ2v) is 5.12. The van der Waals surface area contributed by atoms with Crippen LogP contribution in [0.15, 0.2) is 24.3 Å². The highest BCUT2D eigenvalue weighted by Gasteiger charge is 2.24. The summed E-state index contributed by atoms with van der Waals surface area (Å²) in [5.74, 6) is 0.834. The molecule has 0 amide bonds. The third-order valence-electron chi connectivity index (χ3n) is 2.56. The summed E-state index contributed by atoms with van der Waals surface area (Å²) in [5.41, 5.74) is 0.807. The van der Waals surface area contributed by atoms with E-state index in [9.17, 15) is 5.11 Å². The number of rotatable bonds is 6. The van der Waals surface area contributed by atoms with Crippen molar-refractivity contribution in [3.63, 3.8) is 0 Å². The standard InChI is InChI=1S/C14H23NO2/c1-11(2)15-14(4,9-16)10-17-13-7-5-12(3)6-8-13/h5-8,11,15-16H,9-10H2,1-4H3. The number of aryl methyl sites for hydroxylation is 1. The zero-order chi connectivity index (χ0) is 12.9. The topological polar surface area (TPSA) is 41.5 Å². The SMILES string of the molecule is Cc1ccc(OCC(C)(CO)NC(C)C)cc1. The van der Waals surface area contributed by atoms with E-state index >= 15 is 0 Å². The van der Waals surface area contributed by atoms with Gasteiger partial charge < -0.3 is 15.2 Å². The normalized spacial score (nSPS) is 14.7. The third kappa shape index (κ3) is 4.75. The molecule has 0 aliphatic heterocycles. The molecular formula is C14H23NO2. The molecule has 1 rings (SSSR count). The summed E-state index contributed by atoms with van der Waals surface area (Å²) < 4.78 is 5.70. The van der Waals surface area contributed by atoms with E-state index in [0.29, 0.717) is 12.6 Å². The maximum absolute atomic E-state index is 9.41. The molecule has 1 aromatic carbocycles. The van der Waals surface area contributed by atoms with Crippen LogP contribution in [0, 0.1) is 6.92 Å². The molecule has 0 saturated heterocycles. The van der Waals surface area contributed by atoms with Gasteiger partial charge in [0.2, 0.25) is 0 Å². The van der Waals surface area contributed by atoms with Crippen molar-refractivity contribution in [3.05, 3.63) is 29.8 Å². The van der Waals surface area contributed by atoms with Crippen LogP contribution in [0.4, 0.5) is 0 Å². The lowest BCUT2D eigenvalue weighted by Crippen LogP contribution is -2.53. The minimum atomic E-state index is -0.404. The Bertz CT molecular complexity index is 335. The highest BCUT2D eigenvalue weighted by atomic mass is 16.5. The summed E-state index contributed by atoms with van der Waals surface area (Å²) in [4.78, 5) is 0. The molecule has 2 N–H and O–H groups in total. The van der Waals surface area contributed by atoms with E-state index < -0.39 is 5.54 Å². The Labute approximate surface area is 104 Å². The Morgan fingerprint density at radius 1 is 1.29 bits per heavy atom. The fraction of sp³-hybridized carbons (Fsp3) is 0.571. The van der Waals surface area contributed by atoms with Crippen molar-refractivity contribution in [3.8, 4) is 5.75 Å². The first-order valence-corrected chi connectivity index (χ1v) is 6.03. The molecule has 1 atom stereocenters. The lowest BCUT2D eigenvalue weighted by molar-refractivity contribution is 0.109. The molecule has 0 fully saturated rings. The molecule has 3 heteroatoms. The second kappa shape index (κ2) is 6.03. The largest absolute Gasteiger partial charge is 0.492 e. The number of aliphatic hydroxyl groups excluding tert-OH is 1. The number of hydrogen-bond acceptors (Lipinski definition) is 3. The first-order valence-electron chi connectivity index (χ1n) is 6.03. The zero-order valence-electron chi connectivity index (χ0n) is 11.2. The Morgan fingerprint density at radius 2 is 1.88 bits per heavy atom. The fourth-order valence-corrected chi connectivity index (χ4v) is 1.71. The van der Waals surface area contributed by atoms with E-state index in [1.807, 2.05) is 38.1 Å². The quantitative estimate of drug-likeness (QED) is 0.796. The molecule has 3 nitrogen and oxygen atoms in total. The third-order valence-corrected chi connectivity index (χ3v) is 2.56. The molecule has 0 radical (unpaired) electrons. The summed E-state index contributed by atoms with van der Waals surface area (Å²) in [6, 6.07) is 8.24. The van der Waals surface area contributed by atoms with E-state index in [-0.39, 0.29) is 6.61 Å². The Balaban J connectivity index is 2.55. The summed E-state index contributed by atoms with van der Waals surface area (Å²) in [7, 11) is 0. The second-order valence-electron chi connectivity index (χ2n) is 5.12. The van der Waals surface area contributed by atoms with Gasteiger partial charge in [0.1, 0.15) is 12.4 Å². The van der Waals surface area contributed by atoms with Crippen LogP contribution in [0.1, 0.15) is 26.3 Å². The van der Waals surface area contributed by atoms with Gasteiger partial charge in [0.05, 0.1) is 12.1 Å². The van der Waals surface area contributed by atoms with Crippen LogP contribution in [0.5, 0.6) is 5.75 Å². The van der Waals surface area contributed by atoms with E-state index in [2.05, 4.69) is 19.2 Å². The summed E-state index contributed by atoms with van der Waals surface area (Å²) in [5, 5.41) is 12.7. The summed E-state index contributed by atoms with van der Waals surface area (Å²) >= 11 is 0. The average molecular weight is 237 g/mol. The maximum Gasteiger partial charge on any atom is 0.119 e. The van der Waals surface area contributed by atoms with Gasteiger partial charge in [-0.15, -0.1) is 0 Å². The van der Waals surface area contributed by atoms with Crippen LogP contribution in [-0.2, 0) is 0 Å². The summed E-state index contributed by atoms with van der Waals surface area (Å²) in [6.45, 7) is 8.62. The number of aliphatic hydroxyl groups is 1. The first-order chi connectivity index (χ1) is 7.95. The van der Waals surface area contributed by atoms with Crippen molar-refractivity contribution in [1.82, 2.24) is 5.32 Å². The maximum atomic E-state index is 9.41. The molecule has 96 valence electrons. The highest BCUT2D eigenvalue weighted by Crippen LogP contribution is 2.14. The molecule has 0 spiro atoms. The molecule has 17 heavy (non-hydrogen) atoms. The van der Waals surface area contributed by atoms with Gasteiger partial charge in [-0.1, -0.05) is 31.5 Å². The van der Waals surface area contributed by atoms with E-state index in [4.69, 9.17) is 4.74 Å². The molecule has 0 aromatic heterocycles. The van der Waals surface area contributed by atoms with Crippen molar-refractivity contribution >= 4 is 0 Å². The van der Waals surface area contributed by atoms with E-state index in [1.54, 1.807) is 0 Å². The van der Waals surface area contributed by atoms with Gasteiger partial charge in [-0.05, 0) is 26.0 Å². The highest BCUT2D eigenvalue weighted by molar-refractivity contribution is 5.26. The van der Waals surface area contributed by atoms with Crippen molar-refractivity contribution in [1.29, 1.82) is 0 Å². The van der Waals surface area contributed by atoms with Crippen LogP contribution >= 0.6 is 0 Å². The van der Waals surface area contributed by atoms with Gasteiger partial charge in [-0.25, -0.2) is 0 Å². The van der Waals surface area contributed by atoms with Crippen LogP contribution in [-0.4, -0.2) is 29.9 Å². The molecule has 0 bridgehead atoms. The van der Waals surface area contributed by atoms with Crippen LogP contribution in [0.3, 0.4) is 0 Å². The molecule has 0 aliphatic carbocycles. The predicted molar refractivity (Wildman–Crippen MR) is 70.4 cm³/mol. The number of benzene rings is 1. The molecule has 0 heterocycles. The number of hydrogen-bond donors (Lipinski definition) is 2. The molecule has 0 saturated carbocycles. The lowest BCUT2D eigenvalue weighted by atomic mass is 10.0. The van der Waals surface area contributed by atoms with Crippen LogP contribution in [0.2, 0.25) is 0 Å². The first kappa shape index (κ1) is 14.0. The van der Waals surface area contributed by atoms with Crippen molar-refractivity contribution < 1.29 is 9.84 Å². The molecule has 1 unspecified atom stereocenters. The minimum absolute atomic E-state index is 0.0526. The fourth-order valence-electron chi connectivity index (χ4n) is 1.71. The van der Waals surface area contributed by atoms with Gasteiger partial charge in [0, 0.05) is 6.04 Å². The van der Waals surface area contributed by atoms with E-state index in [1.165, 1.54) is 5.56 Å². The van der Waals surface area contributed by atoms with Gasteiger partial charge in [-0.3, -0.25) is 0 Å². The van der Waals surface area contributed by atoms with Crippen molar-refractivity contribution in [2.45, 2.75) is 39.3 Å². The monoisotopic (exact) mass is 237 g/mol. The average Bonchev–Trinajstić information content (AvgIpc) is 2.27. The molecular weight excluding hydrogens is 214 g/mol. The predicted octanol–water partition coefficient (Wildman–Crippen LogP) is 2.12. The zero-order valence-corrected chi connectivity index (χ0v) is 11.2. The Kier molecular flexibility index (Phi) is 4.97. The smallest absolute Gasteiger partial charge is 0.119 e. The van der Waals surface area contributed by atoms with Gasteiger partial charge in [0.15, 0.2) is 0 Å². The Morgan fingerprint density at radius 3 is 2.35 bits per heavy atom. The minimum Gasteiger partial charge on any atom is -0.492 e. The number of ether oxygens (including phenoxy) is 1. The van der Waals surface area contributed by atoms with E-state index in [0.717, 1.165) is 5.75 Å². The number of nitrogens with one attached hydrogen (secondary N) is 1. The molecule has 1 aromatic rings. The summed E-state index contributed by atoms with van der Waals surface area (Å²) in [6.07, 6.45) is 0. The van der Waals surface area contributed by atoms with Crippen LogP contribution < -0.4 is 10.1 Å². The van der Waals surface area contributed by atoms with Crippen molar-refractivity contribution in [2.75, 3.05) is 13.2 Å². The van der Waals surface area contributed by atoms with Crippen LogP contribution in [0.25, 0.3) is 0 Å². The lowest BCUT2D eigenvalue weighted by Gasteiger charge is -2.30.